The van der Waals surface area contributed by atoms with Crippen LogP contribution < -0.4 is 5.32 Å². The Balaban J connectivity index is 0.000000750. The summed E-state index contributed by atoms with van der Waals surface area (Å²) < 4.78 is 0. The summed E-state index contributed by atoms with van der Waals surface area (Å²) in [5.41, 5.74) is 1.13. The van der Waals surface area contributed by atoms with E-state index in [0.717, 1.165) is 24.5 Å². The number of hydrogen-bond donors (Lipinski definition) is 1. The van der Waals surface area contributed by atoms with Crippen molar-refractivity contribution in [3.63, 3.8) is 0 Å². The smallest absolute Gasteiger partial charge is 0.239 e. The van der Waals surface area contributed by atoms with E-state index in [-0.39, 0.29) is 24.2 Å². The maximum absolute atomic E-state index is 11.8. The van der Waals surface area contributed by atoms with E-state index in [1.807, 2.05) is 29.2 Å². The zero-order chi connectivity index (χ0) is 8.84. The van der Waals surface area contributed by atoms with Crippen molar-refractivity contribution in [2.24, 2.45) is 5.92 Å². The number of fused-ring (bicyclic) bond motifs is 2. The minimum absolute atomic E-state index is 0. The van der Waals surface area contributed by atoms with E-state index in [4.69, 9.17) is 0 Å². The van der Waals surface area contributed by atoms with Crippen molar-refractivity contribution in [1.29, 1.82) is 0 Å². The van der Waals surface area contributed by atoms with Crippen molar-refractivity contribution in [1.82, 2.24) is 10.2 Å². The van der Waals surface area contributed by atoms with E-state index in [0.29, 0.717) is 0 Å². The Bertz CT molecular complexity index is 370. The molecule has 14 heavy (non-hydrogen) atoms. The molecule has 4 heteroatoms. The Morgan fingerprint density at radius 1 is 1.43 bits per heavy atom. The van der Waals surface area contributed by atoms with Gasteiger partial charge in [0.15, 0.2) is 0 Å². The van der Waals surface area contributed by atoms with E-state index in [1.165, 1.54) is 0 Å². The zero-order valence-electron chi connectivity index (χ0n) is 7.56. The van der Waals surface area contributed by atoms with Gasteiger partial charge < -0.3 is 5.32 Å². The highest BCUT2D eigenvalue weighted by Gasteiger charge is 2.39. The number of amides is 1. The van der Waals surface area contributed by atoms with Gasteiger partial charge in [0.2, 0.25) is 5.91 Å². The number of hydrogen-bond acceptors (Lipinski definition) is 2. The average Bonchev–Trinajstić information content (AvgIpc) is 2.72. The van der Waals surface area contributed by atoms with Gasteiger partial charge in [-0.15, -0.1) is 12.4 Å². The van der Waals surface area contributed by atoms with E-state index < -0.39 is 0 Å². The molecule has 1 atom stereocenters. The molecule has 1 N–H and O–H groups in total. The van der Waals surface area contributed by atoms with E-state index in [2.05, 4.69) is 5.32 Å². The molecule has 1 fully saturated rings. The number of nitrogens with zero attached hydrogens (tertiary/aromatic N) is 1. The van der Waals surface area contributed by atoms with Crippen LogP contribution in [0.3, 0.4) is 0 Å². The minimum atomic E-state index is -0.0206. The molecule has 0 radical (unpaired) electrons. The van der Waals surface area contributed by atoms with E-state index in [1.54, 1.807) is 0 Å². The average molecular weight is 211 g/mol. The molecule has 2 aliphatic heterocycles. The minimum Gasteiger partial charge on any atom is -0.369 e. The highest BCUT2D eigenvalue weighted by atomic mass is 35.5. The molecule has 3 nitrogen and oxygen atoms in total. The molecule has 2 heterocycles. The van der Waals surface area contributed by atoms with Gasteiger partial charge in [0, 0.05) is 18.7 Å². The summed E-state index contributed by atoms with van der Waals surface area (Å²) in [6.45, 7) is 1.70. The number of halogens is 1. The molecule has 0 aromatic rings. The molecular weight excluding hydrogens is 200 g/mol. The lowest BCUT2D eigenvalue weighted by atomic mass is 9.96. The molecule has 0 aromatic heterocycles. The molecule has 0 spiro atoms. The first-order valence-corrected chi connectivity index (χ1v) is 4.52. The third kappa shape index (κ3) is 1.02. The van der Waals surface area contributed by atoms with Crippen LogP contribution >= 0.6 is 12.4 Å². The molecule has 74 valence electrons. The second-order valence-corrected chi connectivity index (χ2v) is 3.44. The Morgan fingerprint density at radius 2 is 2.29 bits per heavy atom. The fourth-order valence-corrected chi connectivity index (χ4v) is 2.12. The second-order valence-electron chi connectivity index (χ2n) is 3.44. The standard InChI is InChI=1S/C10H10N2O.ClH/c13-10-8-4-2-1-3-7(8)9-11-5-6-12(9)10;/h1-4,8,11H,5-6H2;1H. The third-order valence-corrected chi connectivity index (χ3v) is 2.73. The van der Waals surface area contributed by atoms with Crippen LogP contribution in [0.4, 0.5) is 0 Å². The number of allylic oxidation sites excluding steroid dienone is 3. The molecule has 1 unspecified atom stereocenters. The molecule has 0 saturated carbocycles. The van der Waals surface area contributed by atoms with Crippen molar-refractivity contribution in [2.45, 2.75) is 0 Å². The summed E-state index contributed by atoms with van der Waals surface area (Å²) in [4.78, 5) is 13.6. The van der Waals surface area contributed by atoms with Gasteiger partial charge in [-0.05, 0) is 0 Å². The number of nitrogens with one attached hydrogen (secondary N) is 1. The van der Waals surface area contributed by atoms with Gasteiger partial charge >= 0.3 is 0 Å². The topological polar surface area (TPSA) is 32.3 Å². The highest BCUT2D eigenvalue weighted by molar-refractivity contribution is 5.90. The van der Waals surface area contributed by atoms with Crippen LogP contribution in [0, 0.1) is 5.92 Å². The van der Waals surface area contributed by atoms with Crippen molar-refractivity contribution in [3.05, 3.63) is 35.7 Å². The maximum atomic E-state index is 11.8. The van der Waals surface area contributed by atoms with Gasteiger partial charge in [0.05, 0.1) is 5.92 Å². The van der Waals surface area contributed by atoms with E-state index in [9.17, 15) is 4.79 Å². The molecule has 0 bridgehead atoms. The lowest BCUT2D eigenvalue weighted by Crippen LogP contribution is -2.26. The summed E-state index contributed by atoms with van der Waals surface area (Å²) in [6.07, 6.45) is 7.91. The summed E-state index contributed by atoms with van der Waals surface area (Å²) >= 11 is 0. The van der Waals surface area contributed by atoms with Gasteiger partial charge in [0.1, 0.15) is 5.82 Å². The summed E-state index contributed by atoms with van der Waals surface area (Å²) in [6, 6.07) is 0. The van der Waals surface area contributed by atoms with Crippen LogP contribution in [0.25, 0.3) is 0 Å². The summed E-state index contributed by atoms with van der Waals surface area (Å²) in [5.74, 6) is 1.22. The van der Waals surface area contributed by atoms with Crippen molar-refractivity contribution in [3.8, 4) is 0 Å². The SMILES string of the molecule is Cl.O=C1C2C=CC=CC2=C2NCCN12. The molecule has 1 aliphatic carbocycles. The fourth-order valence-electron chi connectivity index (χ4n) is 2.12. The molecule has 1 amide bonds. The van der Waals surface area contributed by atoms with Crippen LogP contribution in [-0.4, -0.2) is 23.9 Å². The van der Waals surface area contributed by atoms with Crippen molar-refractivity contribution in [2.75, 3.05) is 13.1 Å². The van der Waals surface area contributed by atoms with Gasteiger partial charge in [-0.25, -0.2) is 0 Å². The molecule has 1 saturated heterocycles. The zero-order valence-corrected chi connectivity index (χ0v) is 8.38. The van der Waals surface area contributed by atoms with Crippen molar-refractivity contribution < 1.29 is 4.79 Å². The van der Waals surface area contributed by atoms with Crippen LogP contribution in [-0.2, 0) is 4.79 Å². The Kier molecular flexibility index (Phi) is 2.11. The quantitative estimate of drug-likeness (QED) is 0.642. The normalized spacial score (nSPS) is 27.3. The molecular formula is C10H11ClN2O. The monoisotopic (exact) mass is 210 g/mol. The number of carbonyl (C=O) groups excluding carboxylic acids is 1. The number of rotatable bonds is 0. The summed E-state index contributed by atoms with van der Waals surface area (Å²) in [5, 5.41) is 3.25. The first-order chi connectivity index (χ1) is 6.38. The fraction of sp³-hybridized carbons (Fsp3) is 0.300. The Morgan fingerprint density at radius 3 is 3.14 bits per heavy atom. The van der Waals surface area contributed by atoms with Crippen LogP contribution in [0.15, 0.2) is 35.7 Å². The Labute approximate surface area is 88.6 Å². The van der Waals surface area contributed by atoms with E-state index >= 15 is 0 Å². The van der Waals surface area contributed by atoms with Crippen molar-refractivity contribution >= 4 is 18.3 Å². The molecule has 3 aliphatic rings. The number of carbonyl (C=O) groups is 1. The lowest BCUT2D eigenvalue weighted by Gasteiger charge is -2.10. The van der Waals surface area contributed by atoms with Gasteiger partial charge in [-0.1, -0.05) is 24.3 Å². The molecule has 3 rings (SSSR count). The predicted octanol–water partition coefficient (Wildman–Crippen LogP) is 0.807. The van der Waals surface area contributed by atoms with Crippen LogP contribution in [0.5, 0.6) is 0 Å². The Hall–Kier alpha value is -1.22. The largest absolute Gasteiger partial charge is 0.369 e. The predicted molar refractivity (Wildman–Crippen MR) is 55.8 cm³/mol. The molecule has 0 aromatic carbocycles. The van der Waals surface area contributed by atoms with Crippen LogP contribution in [0.1, 0.15) is 0 Å². The van der Waals surface area contributed by atoms with Gasteiger partial charge in [-0.2, -0.15) is 0 Å². The van der Waals surface area contributed by atoms with Gasteiger partial charge in [-0.3, -0.25) is 9.69 Å². The third-order valence-electron chi connectivity index (χ3n) is 2.73. The first kappa shape index (κ1) is 9.34. The highest BCUT2D eigenvalue weighted by Crippen LogP contribution is 2.33. The summed E-state index contributed by atoms with van der Waals surface area (Å²) in [7, 11) is 0. The maximum Gasteiger partial charge on any atom is 0.239 e. The first-order valence-electron chi connectivity index (χ1n) is 4.52. The van der Waals surface area contributed by atoms with Gasteiger partial charge in [0.25, 0.3) is 0 Å². The lowest BCUT2D eigenvalue weighted by molar-refractivity contribution is -0.128. The second kappa shape index (κ2) is 3.17. The van der Waals surface area contributed by atoms with Crippen LogP contribution in [0.2, 0.25) is 0 Å².